The van der Waals surface area contributed by atoms with Gasteiger partial charge in [-0.15, -0.1) is 4.40 Å². The highest BCUT2D eigenvalue weighted by atomic mass is 32.2. The van der Waals surface area contributed by atoms with E-state index in [-0.39, 0.29) is 21.8 Å². The highest BCUT2D eigenvalue weighted by Crippen LogP contribution is 2.34. The number of fused-ring (bicyclic) bond motifs is 1. The number of hydrogen-bond donors (Lipinski definition) is 3. The zero-order chi connectivity index (χ0) is 24.3. The van der Waals surface area contributed by atoms with E-state index in [4.69, 9.17) is 25.4 Å². The molecule has 0 saturated heterocycles. The Labute approximate surface area is 186 Å². The number of rotatable bonds is 6. The minimum atomic E-state index is -4.14. The lowest BCUT2D eigenvalue weighted by molar-refractivity contribution is 0.0847. The van der Waals surface area contributed by atoms with Gasteiger partial charge in [-0.05, 0) is 42.5 Å². The summed E-state index contributed by atoms with van der Waals surface area (Å²) in [4.78, 5) is 37.0. The van der Waals surface area contributed by atoms with Crippen molar-refractivity contribution >= 4 is 38.8 Å². The van der Waals surface area contributed by atoms with E-state index >= 15 is 0 Å². The molecule has 0 fully saturated rings. The number of guanidine groups is 1. The summed E-state index contributed by atoms with van der Waals surface area (Å²) >= 11 is 0. The number of ether oxygens (including phenoxy) is 2. The van der Waals surface area contributed by atoms with Gasteiger partial charge in [0.15, 0.2) is 11.3 Å². The van der Waals surface area contributed by atoms with Gasteiger partial charge in [-0.25, -0.2) is 4.79 Å². The van der Waals surface area contributed by atoms with E-state index < -0.39 is 39.0 Å². The van der Waals surface area contributed by atoms with Gasteiger partial charge in [-0.1, -0.05) is 0 Å². The SMILES string of the molecule is COc1ccc2cc(C(=O)NC(=O)c3ccc(S(=O)(=O)N=C(N)N)cc3)c(=O)oc2c1OC. The molecule has 0 aliphatic heterocycles. The van der Waals surface area contributed by atoms with E-state index in [9.17, 15) is 22.8 Å². The van der Waals surface area contributed by atoms with E-state index in [2.05, 4.69) is 4.40 Å². The van der Waals surface area contributed by atoms with Crippen molar-refractivity contribution in [2.24, 2.45) is 15.9 Å². The molecule has 5 N–H and O–H groups in total. The molecule has 0 radical (unpaired) electrons. The van der Waals surface area contributed by atoms with Crippen molar-refractivity contribution in [1.82, 2.24) is 5.32 Å². The second kappa shape index (κ2) is 9.00. The van der Waals surface area contributed by atoms with Crippen LogP contribution in [0.25, 0.3) is 11.0 Å². The van der Waals surface area contributed by atoms with Gasteiger partial charge < -0.3 is 25.4 Å². The molecule has 172 valence electrons. The first-order valence-corrected chi connectivity index (χ1v) is 10.5. The van der Waals surface area contributed by atoms with Gasteiger partial charge in [0.05, 0.1) is 19.1 Å². The third-order valence-corrected chi connectivity index (χ3v) is 5.68. The molecule has 0 unspecified atom stereocenters. The molecular weight excluding hydrogens is 456 g/mol. The highest BCUT2D eigenvalue weighted by Gasteiger charge is 2.21. The lowest BCUT2D eigenvalue weighted by Crippen LogP contribution is -2.33. The number of nitrogens with two attached hydrogens (primary N) is 2. The Bertz CT molecular complexity index is 1440. The van der Waals surface area contributed by atoms with Crippen LogP contribution in [0.2, 0.25) is 0 Å². The van der Waals surface area contributed by atoms with Gasteiger partial charge in [0, 0.05) is 10.9 Å². The van der Waals surface area contributed by atoms with Crippen LogP contribution in [0, 0.1) is 0 Å². The standard InChI is InChI=1S/C20H18N4O8S/c1-30-14-8-5-11-9-13(19(27)32-15(11)16(14)31-2)18(26)23-17(25)10-3-6-12(7-4-10)33(28,29)24-20(21)22/h3-9H,1-2H3,(H4,21,22,24)(H,23,25,26). The second-order valence-corrected chi connectivity index (χ2v) is 8.07. The zero-order valence-corrected chi connectivity index (χ0v) is 18.1. The van der Waals surface area contributed by atoms with Crippen LogP contribution in [0.1, 0.15) is 20.7 Å². The number of nitrogens with zero attached hydrogens (tertiary/aromatic N) is 1. The van der Waals surface area contributed by atoms with Crippen molar-refractivity contribution in [2.45, 2.75) is 4.90 Å². The highest BCUT2D eigenvalue weighted by molar-refractivity contribution is 7.90. The molecule has 3 rings (SSSR count). The molecule has 0 aliphatic carbocycles. The maximum absolute atomic E-state index is 12.5. The van der Waals surface area contributed by atoms with Gasteiger partial charge in [0.25, 0.3) is 21.8 Å². The fourth-order valence-electron chi connectivity index (χ4n) is 2.87. The summed E-state index contributed by atoms with van der Waals surface area (Å²) < 4.78 is 42.6. The smallest absolute Gasteiger partial charge is 0.349 e. The fourth-order valence-corrected chi connectivity index (χ4v) is 3.73. The molecular formula is C20H18N4O8S. The number of hydrogen-bond acceptors (Lipinski definition) is 8. The van der Waals surface area contributed by atoms with Crippen LogP contribution in [0.15, 0.2) is 61.0 Å². The fraction of sp³-hybridized carbons (Fsp3) is 0.100. The molecule has 1 aromatic heterocycles. The van der Waals surface area contributed by atoms with Gasteiger partial charge >= 0.3 is 5.63 Å². The molecule has 0 aliphatic rings. The first-order valence-electron chi connectivity index (χ1n) is 9.08. The summed E-state index contributed by atoms with van der Waals surface area (Å²) in [6.45, 7) is 0. The Hall–Kier alpha value is -4.39. The van der Waals surface area contributed by atoms with Crippen LogP contribution in [-0.4, -0.2) is 40.4 Å². The zero-order valence-electron chi connectivity index (χ0n) is 17.3. The summed E-state index contributed by atoms with van der Waals surface area (Å²) in [5.74, 6) is -2.04. The quantitative estimate of drug-likeness (QED) is 0.194. The Morgan fingerprint density at radius 3 is 2.24 bits per heavy atom. The van der Waals surface area contributed by atoms with E-state index in [0.717, 1.165) is 24.3 Å². The van der Waals surface area contributed by atoms with Gasteiger partial charge in [-0.3, -0.25) is 14.9 Å². The Balaban J connectivity index is 1.87. The molecule has 0 bridgehead atoms. The Kier molecular flexibility index (Phi) is 6.35. The largest absolute Gasteiger partial charge is 0.493 e. The van der Waals surface area contributed by atoms with Crippen molar-refractivity contribution < 1.29 is 31.9 Å². The molecule has 0 saturated carbocycles. The number of methoxy groups -OCH3 is 2. The maximum atomic E-state index is 12.5. The number of carbonyl (C=O) groups is 2. The molecule has 0 spiro atoms. The topological polar surface area (TPSA) is 193 Å². The Morgan fingerprint density at radius 2 is 1.67 bits per heavy atom. The predicted octanol–water partition coefficient (Wildman–Crippen LogP) is 0.343. The number of sulfonamides is 1. The maximum Gasteiger partial charge on any atom is 0.349 e. The van der Waals surface area contributed by atoms with E-state index in [1.165, 1.54) is 20.3 Å². The molecule has 33 heavy (non-hydrogen) atoms. The number of benzene rings is 2. The average molecular weight is 474 g/mol. The van der Waals surface area contributed by atoms with E-state index in [1.54, 1.807) is 12.1 Å². The summed E-state index contributed by atoms with van der Waals surface area (Å²) in [6, 6.07) is 8.84. The number of nitrogens with one attached hydrogen (secondary N) is 1. The van der Waals surface area contributed by atoms with Gasteiger partial charge in [0.2, 0.25) is 11.7 Å². The first kappa shape index (κ1) is 23.3. The van der Waals surface area contributed by atoms with Crippen LogP contribution in [-0.2, 0) is 10.0 Å². The van der Waals surface area contributed by atoms with E-state index in [1.807, 2.05) is 5.32 Å². The Morgan fingerprint density at radius 1 is 1.00 bits per heavy atom. The van der Waals surface area contributed by atoms with Crippen LogP contribution in [0.4, 0.5) is 0 Å². The van der Waals surface area contributed by atoms with Crippen LogP contribution in [0.3, 0.4) is 0 Å². The minimum Gasteiger partial charge on any atom is -0.493 e. The van der Waals surface area contributed by atoms with Crippen LogP contribution in [0.5, 0.6) is 11.5 Å². The van der Waals surface area contributed by atoms with Crippen molar-refractivity contribution in [3.8, 4) is 11.5 Å². The van der Waals surface area contributed by atoms with E-state index in [0.29, 0.717) is 11.1 Å². The van der Waals surface area contributed by atoms with Crippen molar-refractivity contribution in [3.05, 3.63) is 64.0 Å². The van der Waals surface area contributed by atoms with Crippen LogP contribution >= 0.6 is 0 Å². The second-order valence-electron chi connectivity index (χ2n) is 6.47. The first-order chi connectivity index (χ1) is 15.6. The molecule has 3 aromatic rings. The lowest BCUT2D eigenvalue weighted by Gasteiger charge is -2.10. The molecule has 2 aromatic carbocycles. The summed E-state index contributed by atoms with van der Waals surface area (Å²) in [6.07, 6.45) is 0. The normalized spacial score (nSPS) is 11.0. The molecule has 0 atom stereocenters. The van der Waals surface area contributed by atoms with Gasteiger partial charge in [-0.2, -0.15) is 8.42 Å². The number of carbonyl (C=O) groups excluding carboxylic acids is 2. The number of amides is 2. The summed E-state index contributed by atoms with van der Waals surface area (Å²) in [7, 11) is -1.36. The number of imide groups is 1. The molecule has 2 amide bonds. The molecule has 1 heterocycles. The third-order valence-electron chi connectivity index (χ3n) is 4.36. The van der Waals surface area contributed by atoms with Crippen LogP contribution < -0.4 is 31.9 Å². The average Bonchev–Trinajstić information content (AvgIpc) is 2.76. The third kappa shape index (κ3) is 4.77. The van der Waals surface area contributed by atoms with Crippen molar-refractivity contribution in [3.63, 3.8) is 0 Å². The monoisotopic (exact) mass is 474 g/mol. The summed E-state index contributed by atoms with van der Waals surface area (Å²) in [5, 5.41) is 2.41. The molecule has 12 nitrogen and oxygen atoms in total. The van der Waals surface area contributed by atoms with Crippen molar-refractivity contribution in [2.75, 3.05) is 14.2 Å². The van der Waals surface area contributed by atoms with Gasteiger partial charge in [0.1, 0.15) is 5.56 Å². The van der Waals surface area contributed by atoms with Crippen molar-refractivity contribution in [1.29, 1.82) is 0 Å². The minimum absolute atomic E-state index is 0.0522. The molecule has 13 heteroatoms. The predicted molar refractivity (Wildman–Crippen MR) is 117 cm³/mol. The summed E-state index contributed by atoms with van der Waals surface area (Å²) in [5.41, 5.74) is 8.76. The lowest BCUT2D eigenvalue weighted by atomic mass is 10.1.